The fourth-order valence-corrected chi connectivity index (χ4v) is 44.6. The van der Waals surface area contributed by atoms with Crippen LogP contribution in [0.2, 0.25) is 0 Å². The van der Waals surface area contributed by atoms with E-state index in [1.807, 2.05) is 0 Å². The molecule has 68 valence electrons. The van der Waals surface area contributed by atoms with Crippen LogP contribution in [0.3, 0.4) is 0 Å². The van der Waals surface area contributed by atoms with Crippen LogP contribution in [0, 0.1) is 0 Å². The van der Waals surface area contributed by atoms with Crippen molar-refractivity contribution in [1.82, 2.24) is 0 Å². The molecule has 2 aliphatic heterocycles. The molecule has 0 atom stereocenters. The van der Waals surface area contributed by atoms with Gasteiger partial charge in [0, 0.05) is 0 Å². The Balaban J connectivity index is 0.000000720. The molecule has 0 bridgehead atoms. The first-order chi connectivity index (χ1) is 5.45. The normalized spacial score (nSPS) is 19.4. The zero-order chi connectivity index (χ0) is 7.52. The molecule has 2 aliphatic rings. The van der Waals surface area contributed by atoms with E-state index in [0.29, 0.717) is 0 Å². The Labute approximate surface area is 129 Å². The molecule has 0 fully saturated rings. The Bertz CT molecular complexity index is 260. The van der Waals surface area contributed by atoms with E-state index >= 15 is 0 Å². The third-order valence-electron chi connectivity index (χ3n) is 1.23. The summed E-state index contributed by atoms with van der Waals surface area (Å²) in [7, 11) is 3.31. The van der Waals surface area contributed by atoms with E-state index < -0.39 is 0 Å². The van der Waals surface area contributed by atoms with Gasteiger partial charge in [-0.15, -0.1) is 0 Å². The topological polar surface area (TPSA) is 0 Å². The molecular weight excluding hydrogens is 714 g/mol. The average Bonchev–Trinajstić information content (AvgIpc) is 2.60. The van der Waals surface area contributed by atoms with Crippen LogP contribution in [-0.4, -0.2) is 47.9 Å². The Kier molecular flexibility index (Phi) is 11.3. The Morgan fingerprint density at radius 3 is 1.69 bits per heavy atom. The molecule has 0 aromatic heterocycles. The number of halogens is 2. The van der Waals surface area contributed by atoms with E-state index in [9.17, 15) is 0 Å². The van der Waals surface area contributed by atoms with Crippen LogP contribution in [0.1, 0.15) is 0 Å². The van der Waals surface area contributed by atoms with E-state index in [-0.39, 0.29) is 94.5 Å². The molecule has 0 aliphatic carbocycles. The molecule has 13 heavy (non-hydrogen) atoms. The van der Waals surface area contributed by atoms with Gasteiger partial charge in [0.1, 0.15) is 0 Å². The predicted octanol–water partition coefficient (Wildman–Crippen LogP) is -5.01. The van der Waals surface area contributed by atoms with E-state index in [1.54, 1.807) is 16.4 Å². The number of hydrogen-bond acceptors (Lipinski definition) is 0. The maximum absolute atomic E-state index is 2.53. The van der Waals surface area contributed by atoms with Crippen LogP contribution in [0.4, 0.5) is 0 Å². The Hall–Kier alpha value is 3.05. The first-order valence-corrected chi connectivity index (χ1v) is 16.0. The van der Waals surface area contributed by atoms with Gasteiger partial charge in [0.25, 0.3) is 0 Å². The van der Waals surface area contributed by atoms with Gasteiger partial charge in [-0.3, -0.25) is 0 Å². The summed E-state index contributed by atoms with van der Waals surface area (Å²) < 4.78 is 9.25. The predicted molar refractivity (Wildman–Crippen MR) is 56.4 cm³/mol. The molecule has 0 N–H and O–H groups in total. The van der Waals surface area contributed by atoms with Crippen molar-refractivity contribution in [3.63, 3.8) is 0 Å². The molecule has 0 nitrogen and oxygen atoms in total. The third kappa shape index (κ3) is 5.78. The minimum Gasteiger partial charge on any atom is -1.00 e. The molecule has 0 saturated heterocycles. The quantitative estimate of drug-likeness (QED) is 0.199. The fourth-order valence-electron chi connectivity index (χ4n) is 0.779. The summed E-state index contributed by atoms with van der Waals surface area (Å²) in [6, 6.07) is 0. The van der Waals surface area contributed by atoms with E-state index in [4.69, 9.17) is 0 Å². The zero-order valence-electron chi connectivity index (χ0n) is 6.46. The van der Waals surface area contributed by atoms with Crippen molar-refractivity contribution in [3.8, 4) is 0 Å². The summed E-state index contributed by atoms with van der Waals surface area (Å²) in [5, 5.41) is 0. The van der Waals surface area contributed by atoms with Gasteiger partial charge in [0.05, 0.1) is 0 Å². The van der Waals surface area contributed by atoms with Crippen molar-refractivity contribution >= 4 is 64.3 Å². The Morgan fingerprint density at radius 2 is 1.38 bits per heavy atom. The van der Waals surface area contributed by atoms with Crippen molar-refractivity contribution in [2.24, 2.45) is 0 Å². The molecular formula is C6H6Bi2Cl2P2Zr. The second kappa shape index (κ2) is 9.12. The SMILES string of the molecule is C1=[CH][BiH][C]([Zr+2][C]2=PC=[CH][BiH]2)=P1.[Cl-].[Cl-]. The van der Waals surface area contributed by atoms with Gasteiger partial charge in [-0.25, -0.2) is 0 Å². The van der Waals surface area contributed by atoms with Crippen LogP contribution in [0.25, 0.3) is 0 Å². The van der Waals surface area contributed by atoms with Crippen LogP contribution < -0.4 is 24.8 Å². The molecule has 0 spiro atoms. The molecule has 2 heterocycles. The first kappa shape index (κ1) is 16.0. The minimum atomic E-state index is -0.251. The molecule has 0 amide bonds. The van der Waals surface area contributed by atoms with Crippen molar-refractivity contribution < 1.29 is 48.0 Å². The van der Waals surface area contributed by atoms with Crippen LogP contribution >= 0.6 is 16.4 Å². The molecule has 0 radical (unpaired) electrons. The Morgan fingerprint density at radius 1 is 0.923 bits per heavy atom. The monoisotopic (exact) mass is 718 g/mol. The molecule has 0 aromatic rings. The van der Waals surface area contributed by atoms with Gasteiger partial charge < -0.3 is 24.8 Å². The van der Waals surface area contributed by atoms with E-state index in [1.165, 1.54) is 0 Å². The maximum Gasteiger partial charge on any atom is -1.00 e. The van der Waals surface area contributed by atoms with Crippen LogP contribution in [-0.2, 0) is 23.2 Å². The van der Waals surface area contributed by atoms with Crippen molar-refractivity contribution in [1.29, 1.82) is 0 Å². The zero-order valence-corrected chi connectivity index (χ0v) is 20.0. The smallest absolute Gasteiger partial charge is 1.00 e. The number of rotatable bonds is 2. The molecule has 0 saturated carbocycles. The molecule has 0 aromatic carbocycles. The van der Waals surface area contributed by atoms with E-state index in [2.05, 4.69) is 20.6 Å². The first-order valence-electron chi connectivity index (χ1n) is 3.21. The summed E-state index contributed by atoms with van der Waals surface area (Å²) in [6.07, 6.45) is 0. The molecule has 0 unspecified atom stereocenters. The summed E-state index contributed by atoms with van der Waals surface area (Å²) in [4.78, 5) is 0. The second-order valence-corrected chi connectivity index (χ2v) is 30.7. The van der Waals surface area contributed by atoms with Gasteiger partial charge in [0.2, 0.25) is 0 Å². The largest absolute Gasteiger partial charge is 1.00 e. The molecule has 7 heteroatoms. The van der Waals surface area contributed by atoms with Gasteiger partial charge in [0.15, 0.2) is 0 Å². The van der Waals surface area contributed by atoms with Gasteiger partial charge in [-0.2, -0.15) is 0 Å². The van der Waals surface area contributed by atoms with Gasteiger partial charge >= 0.3 is 107 Å². The van der Waals surface area contributed by atoms with Crippen molar-refractivity contribution in [2.45, 2.75) is 0 Å². The minimum absolute atomic E-state index is 0. The fraction of sp³-hybridized carbons (Fsp3) is 0. The van der Waals surface area contributed by atoms with Gasteiger partial charge in [-0.05, 0) is 0 Å². The summed E-state index contributed by atoms with van der Waals surface area (Å²) in [5.41, 5.74) is 0. The van der Waals surface area contributed by atoms with Gasteiger partial charge in [-0.1, -0.05) is 0 Å². The standard InChI is InChI=1S/2C3H2P.2Bi.2ClH.Zr.2H/c2*1-3-4-2;;;;;;;/h2*1,3H;;;2*1H;;;/q;;;;;;+2;;/p-2. The van der Waals surface area contributed by atoms with Crippen LogP contribution in [0.15, 0.2) is 19.2 Å². The van der Waals surface area contributed by atoms with Crippen molar-refractivity contribution in [3.05, 3.63) is 19.2 Å². The van der Waals surface area contributed by atoms with Crippen molar-refractivity contribution in [2.75, 3.05) is 0 Å². The summed E-state index contributed by atoms with van der Waals surface area (Å²) >= 11 is -0.553. The second-order valence-electron chi connectivity index (χ2n) is 2.00. The number of hydrogen-bond donors (Lipinski definition) is 0. The maximum atomic E-state index is 2.53. The average molecular weight is 720 g/mol. The third-order valence-corrected chi connectivity index (χ3v) is 30.9. The summed E-state index contributed by atoms with van der Waals surface area (Å²) in [6.45, 7) is 0. The summed E-state index contributed by atoms with van der Waals surface area (Å²) in [5.74, 6) is 4.82. The van der Waals surface area contributed by atoms with E-state index in [0.717, 1.165) is 0 Å². The van der Waals surface area contributed by atoms with Crippen LogP contribution in [0.5, 0.6) is 0 Å². The molecule has 2 rings (SSSR count).